The van der Waals surface area contributed by atoms with E-state index in [1.165, 1.54) is 18.5 Å². The first kappa shape index (κ1) is 25.2. The maximum Gasteiger partial charge on any atom is 0.578 e. The van der Waals surface area contributed by atoms with Gasteiger partial charge in [0.25, 0.3) is 0 Å². The Morgan fingerprint density at radius 1 is 1.00 bits per heavy atom. The van der Waals surface area contributed by atoms with Gasteiger partial charge in [-0.2, -0.15) is 13.2 Å². The van der Waals surface area contributed by atoms with Gasteiger partial charge in [0, 0.05) is 25.7 Å². The van der Waals surface area contributed by atoms with Crippen molar-refractivity contribution in [2.24, 2.45) is 14.1 Å². The number of nitrogens with zero attached hydrogens (tertiary/aromatic N) is 5. The molecule has 1 atom stereocenters. The molecule has 0 fully saturated rings. The normalized spacial score (nSPS) is 14.2. The summed E-state index contributed by atoms with van der Waals surface area (Å²) < 4.78 is 118. The second-order valence-electron chi connectivity index (χ2n) is 7.46. The lowest BCUT2D eigenvalue weighted by Gasteiger charge is -2.11. The van der Waals surface area contributed by atoms with Crippen molar-refractivity contribution in [3.8, 4) is 11.4 Å². The number of fused-ring (bicyclic) bond motifs is 2. The summed E-state index contributed by atoms with van der Waals surface area (Å²) in [6.45, 7) is 1.35. The van der Waals surface area contributed by atoms with E-state index in [1.54, 1.807) is 0 Å². The van der Waals surface area contributed by atoms with Crippen LogP contribution in [0, 0.1) is 0 Å². The molecule has 8 nitrogen and oxygen atoms in total. The van der Waals surface area contributed by atoms with Crippen LogP contribution in [-0.2, 0) is 41.3 Å². The third-order valence-electron chi connectivity index (χ3n) is 5.30. The van der Waals surface area contributed by atoms with Crippen molar-refractivity contribution in [2.75, 3.05) is 5.75 Å². The smallest absolute Gasteiger partial charge is 0.578 e. The molecular formula is C19H15F6N5O3S2. The van der Waals surface area contributed by atoms with Crippen LogP contribution in [0.1, 0.15) is 12.7 Å². The summed E-state index contributed by atoms with van der Waals surface area (Å²) in [5.74, 6) is -1.71. The predicted octanol–water partition coefficient (Wildman–Crippen LogP) is 3.96. The van der Waals surface area contributed by atoms with Crippen LogP contribution >= 0.6 is 0 Å². The van der Waals surface area contributed by atoms with E-state index in [-0.39, 0.29) is 44.2 Å². The molecule has 0 aliphatic rings. The van der Waals surface area contributed by atoms with Crippen molar-refractivity contribution in [3.05, 3.63) is 30.2 Å². The highest BCUT2D eigenvalue weighted by Crippen LogP contribution is 2.37. The third kappa shape index (κ3) is 4.23. The maximum absolute atomic E-state index is 13.4. The van der Waals surface area contributed by atoms with Crippen LogP contribution in [0.2, 0.25) is 0 Å². The number of hydrogen-bond acceptors (Lipinski definition) is 6. The number of rotatable bonds is 4. The zero-order valence-electron chi connectivity index (χ0n) is 18.1. The van der Waals surface area contributed by atoms with E-state index >= 15 is 0 Å². The van der Waals surface area contributed by atoms with Crippen LogP contribution in [0.15, 0.2) is 34.2 Å². The molecule has 1 aromatic carbocycles. The van der Waals surface area contributed by atoms with Crippen LogP contribution in [0.25, 0.3) is 33.6 Å². The molecule has 0 aliphatic carbocycles. The van der Waals surface area contributed by atoms with Crippen molar-refractivity contribution >= 4 is 43.2 Å². The first-order valence-electron chi connectivity index (χ1n) is 9.68. The Labute approximate surface area is 196 Å². The molecule has 0 saturated carbocycles. The number of halogens is 6. The molecule has 4 aromatic rings. The molecule has 1 unspecified atom stereocenters. The standard InChI is InChI=1S/C19H15F6N5O3S2/c1-4-35(32,33)14-7-13-11(28-17(29(13)2)18(20,21)22)6-10(14)15-27-12-5-9(34(31)19(23,24)25)8-26-16(12)30(15)3/h5-8H,4H2,1-3H3. The number of benzene rings is 1. The molecule has 16 heteroatoms. The molecule has 0 saturated heterocycles. The largest absolute Gasteiger partial charge is 0.604 e. The first-order valence-corrected chi connectivity index (χ1v) is 12.5. The topological polar surface area (TPSA) is 106 Å². The minimum atomic E-state index is -5.03. The number of aryl methyl sites for hydroxylation is 2. The van der Waals surface area contributed by atoms with Crippen molar-refractivity contribution in [3.63, 3.8) is 0 Å². The molecule has 0 N–H and O–H groups in total. The molecule has 0 radical (unpaired) electrons. The lowest BCUT2D eigenvalue weighted by Crippen LogP contribution is -2.23. The molecular weight excluding hydrogens is 524 g/mol. The summed E-state index contributed by atoms with van der Waals surface area (Å²) in [6.07, 6.45) is -4.04. The summed E-state index contributed by atoms with van der Waals surface area (Å²) >= 11 is -3.37. The van der Waals surface area contributed by atoms with Crippen molar-refractivity contribution in [1.29, 1.82) is 0 Å². The van der Waals surface area contributed by atoms with E-state index in [4.69, 9.17) is 0 Å². The molecule has 4 rings (SSSR count). The van der Waals surface area contributed by atoms with Crippen molar-refractivity contribution < 1.29 is 39.3 Å². The van der Waals surface area contributed by atoms with Crippen LogP contribution in [0.4, 0.5) is 26.3 Å². The van der Waals surface area contributed by atoms with E-state index in [0.29, 0.717) is 0 Å². The fourth-order valence-corrected chi connectivity index (χ4v) is 5.32. The molecule has 0 amide bonds. The number of pyridine rings is 1. The Kier molecular flexibility index (Phi) is 5.84. The van der Waals surface area contributed by atoms with E-state index < -0.39 is 43.4 Å². The Bertz CT molecular complexity index is 1570. The van der Waals surface area contributed by atoms with Gasteiger partial charge >= 0.3 is 11.7 Å². The SMILES string of the molecule is CCS(=O)(=O)c1cc2c(cc1-c1nc3cc([S+]([O-])C(F)(F)F)cnc3n1C)nc(C(F)(F)F)n2C. The van der Waals surface area contributed by atoms with Crippen LogP contribution in [-0.4, -0.2) is 48.3 Å². The monoisotopic (exact) mass is 539 g/mol. The highest BCUT2D eigenvalue weighted by atomic mass is 32.2. The molecule has 0 aliphatic heterocycles. The molecule has 0 spiro atoms. The van der Waals surface area contributed by atoms with Gasteiger partial charge < -0.3 is 13.7 Å². The van der Waals surface area contributed by atoms with E-state index in [9.17, 15) is 39.3 Å². The molecule has 35 heavy (non-hydrogen) atoms. The molecule has 3 aromatic heterocycles. The Morgan fingerprint density at radius 2 is 1.66 bits per heavy atom. The Hall–Kier alpha value is -2.85. The Morgan fingerprint density at radius 3 is 2.23 bits per heavy atom. The minimum Gasteiger partial charge on any atom is -0.604 e. The summed E-state index contributed by atoms with van der Waals surface area (Å²) in [4.78, 5) is 10.7. The average Bonchev–Trinajstić information content (AvgIpc) is 3.28. The van der Waals surface area contributed by atoms with Gasteiger partial charge in [-0.1, -0.05) is 6.92 Å². The van der Waals surface area contributed by atoms with E-state index in [0.717, 1.165) is 36.0 Å². The predicted molar refractivity (Wildman–Crippen MR) is 113 cm³/mol. The van der Waals surface area contributed by atoms with Gasteiger partial charge in [-0.15, -0.1) is 13.2 Å². The van der Waals surface area contributed by atoms with Gasteiger partial charge in [0.1, 0.15) is 22.5 Å². The van der Waals surface area contributed by atoms with E-state index in [2.05, 4.69) is 15.0 Å². The van der Waals surface area contributed by atoms with Gasteiger partial charge in [-0.3, -0.25) is 0 Å². The Balaban J connectivity index is 2.01. The van der Waals surface area contributed by atoms with E-state index in [1.807, 2.05) is 0 Å². The number of imidazole rings is 2. The lowest BCUT2D eigenvalue weighted by molar-refractivity contribution is -0.146. The number of aromatic nitrogens is 5. The van der Waals surface area contributed by atoms with Crippen LogP contribution in [0.3, 0.4) is 0 Å². The highest BCUT2D eigenvalue weighted by Gasteiger charge is 2.46. The lowest BCUT2D eigenvalue weighted by atomic mass is 10.2. The minimum absolute atomic E-state index is 0.0415. The third-order valence-corrected chi connectivity index (χ3v) is 8.14. The second kappa shape index (κ2) is 8.09. The summed E-state index contributed by atoms with van der Waals surface area (Å²) in [6, 6.07) is 3.09. The average molecular weight is 539 g/mol. The zero-order chi connectivity index (χ0) is 26.1. The summed E-state index contributed by atoms with van der Waals surface area (Å²) in [7, 11) is -1.49. The van der Waals surface area contributed by atoms with Gasteiger partial charge in [-0.25, -0.2) is 23.4 Å². The molecule has 0 bridgehead atoms. The summed E-state index contributed by atoms with van der Waals surface area (Å²) in [5.41, 5.74) is -5.47. The quantitative estimate of drug-likeness (QED) is 0.287. The number of alkyl halides is 6. The van der Waals surface area contributed by atoms with Gasteiger partial charge in [0.05, 0.1) is 27.9 Å². The fraction of sp³-hybridized carbons (Fsp3) is 0.316. The van der Waals surface area contributed by atoms with Crippen molar-refractivity contribution in [2.45, 2.75) is 28.4 Å². The number of hydrogen-bond donors (Lipinski definition) is 0. The van der Waals surface area contributed by atoms with Crippen LogP contribution < -0.4 is 0 Å². The molecule has 3 heterocycles. The maximum atomic E-state index is 13.4. The van der Waals surface area contributed by atoms with Crippen molar-refractivity contribution in [1.82, 2.24) is 24.1 Å². The highest BCUT2D eigenvalue weighted by molar-refractivity contribution is 7.92. The second-order valence-corrected chi connectivity index (χ2v) is 11.2. The van der Waals surface area contributed by atoms with Gasteiger partial charge in [0.15, 0.2) is 20.4 Å². The first-order chi connectivity index (χ1) is 16.1. The zero-order valence-corrected chi connectivity index (χ0v) is 19.7. The van der Waals surface area contributed by atoms with Gasteiger partial charge in [-0.05, 0) is 12.1 Å². The molecule has 188 valence electrons. The van der Waals surface area contributed by atoms with Crippen LogP contribution in [0.5, 0.6) is 0 Å². The summed E-state index contributed by atoms with van der Waals surface area (Å²) in [5, 5.41) is 0. The fourth-order valence-electron chi connectivity index (χ4n) is 3.59. The number of sulfone groups is 1. The van der Waals surface area contributed by atoms with Gasteiger partial charge in [0.2, 0.25) is 5.82 Å².